The molecule has 0 unspecified atom stereocenters. The third-order valence-electron chi connectivity index (χ3n) is 4.78. The number of nitrogens with zero attached hydrogens (tertiary/aromatic N) is 2. The van der Waals surface area contributed by atoms with Crippen molar-refractivity contribution in [3.8, 4) is 0 Å². The average molecular weight is 337 g/mol. The number of hydrogen-bond acceptors (Lipinski definition) is 4. The van der Waals surface area contributed by atoms with Crippen LogP contribution in [0.1, 0.15) is 47.9 Å². The number of aryl methyl sites for hydroxylation is 2. The fourth-order valence-corrected chi connectivity index (χ4v) is 4.07. The first-order valence-corrected chi connectivity index (χ1v) is 9.67. The summed E-state index contributed by atoms with van der Waals surface area (Å²) in [6, 6.07) is 12.9. The quantitative estimate of drug-likeness (QED) is 0.619. The lowest BCUT2D eigenvalue weighted by Gasteiger charge is -2.24. The van der Waals surface area contributed by atoms with E-state index in [1.54, 1.807) is 11.3 Å². The molecule has 3 nitrogen and oxygen atoms in total. The largest absolute Gasteiger partial charge is 0.369 e. The Kier molecular flexibility index (Phi) is 4.48. The normalized spacial score (nSPS) is 14.7. The minimum atomic E-state index is 0.571. The molecule has 0 aliphatic heterocycles. The minimum Gasteiger partial charge on any atom is -0.369 e. The second-order valence-electron chi connectivity index (χ2n) is 6.65. The van der Waals surface area contributed by atoms with Gasteiger partial charge in [0.2, 0.25) is 0 Å². The molecule has 1 fully saturated rings. The number of aromatic nitrogens is 2. The number of fused-ring (bicyclic) bond motifs is 1. The van der Waals surface area contributed by atoms with Crippen LogP contribution in [0.25, 0.3) is 10.2 Å². The monoisotopic (exact) mass is 337 g/mol. The van der Waals surface area contributed by atoms with E-state index in [4.69, 9.17) is 9.97 Å². The Hall–Kier alpha value is -1.94. The van der Waals surface area contributed by atoms with Crippen molar-refractivity contribution in [2.45, 2.75) is 44.9 Å². The summed E-state index contributed by atoms with van der Waals surface area (Å²) in [5, 5.41) is 4.75. The summed E-state index contributed by atoms with van der Waals surface area (Å²) in [5.41, 5.74) is 1.40. The van der Waals surface area contributed by atoms with Gasteiger partial charge in [0, 0.05) is 17.3 Å². The predicted octanol–water partition coefficient (Wildman–Crippen LogP) is 5.31. The Balaban J connectivity index is 1.47. The van der Waals surface area contributed by atoms with Gasteiger partial charge in [0.15, 0.2) is 0 Å². The van der Waals surface area contributed by atoms with Crippen molar-refractivity contribution in [3.05, 3.63) is 52.7 Å². The van der Waals surface area contributed by atoms with Crippen LogP contribution in [0.15, 0.2) is 36.4 Å². The molecule has 1 aliphatic carbocycles. The molecule has 3 aromatic rings. The first-order valence-electron chi connectivity index (χ1n) is 8.85. The molecule has 1 saturated carbocycles. The maximum atomic E-state index is 4.87. The van der Waals surface area contributed by atoms with Crippen molar-refractivity contribution >= 4 is 27.4 Å². The molecule has 1 N–H and O–H groups in total. The van der Waals surface area contributed by atoms with Gasteiger partial charge in [0.1, 0.15) is 16.5 Å². The average Bonchev–Trinajstić information content (AvgIpc) is 2.91. The molecular weight excluding hydrogens is 314 g/mol. The number of anilines is 1. The van der Waals surface area contributed by atoms with Gasteiger partial charge in [0.05, 0.1) is 5.39 Å². The van der Waals surface area contributed by atoms with Gasteiger partial charge in [-0.3, -0.25) is 0 Å². The van der Waals surface area contributed by atoms with Crippen molar-refractivity contribution < 1.29 is 0 Å². The summed E-state index contributed by atoms with van der Waals surface area (Å²) in [6.45, 7) is 3.09. The lowest BCUT2D eigenvalue weighted by Crippen LogP contribution is -2.14. The zero-order valence-electron chi connectivity index (χ0n) is 14.1. The maximum Gasteiger partial charge on any atom is 0.138 e. The van der Waals surface area contributed by atoms with Gasteiger partial charge in [0.25, 0.3) is 0 Å². The summed E-state index contributed by atoms with van der Waals surface area (Å²) in [5.74, 6) is 2.64. The van der Waals surface area contributed by atoms with Gasteiger partial charge in [-0.15, -0.1) is 11.3 Å². The van der Waals surface area contributed by atoms with E-state index in [0.29, 0.717) is 5.92 Å². The Morgan fingerprint density at radius 2 is 2.00 bits per heavy atom. The highest BCUT2D eigenvalue weighted by atomic mass is 32.1. The molecular formula is C20H23N3S. The molecule has 2 aromatic heterocycles. The molecule has 1 aromatic carbocycles. The number of nitrogens with one attached hydrogen (secondary N) is 1. The highest BCUT2D eigenvalue weighted by Crippen LogP contribution is 2.37. The Bertz CT molecular complexity index is 822. The van der Waals surface area contributed by atoms with Crippen molar-refractivity contribution in [3.63, 3.8) is 0 Å². The van der Waals surface area contributed by atoms with Crippen LogP contribution in [0.3, 0.4) is 0 Å². The molecule has 24 heavy (non-hydrogen) atoms. The van der Waals surface area contributed by atoms with Crippen LogP contribution in [0, 0.1) is 6.92 Å². The van der Waals surface area contributed by atoms with Crippen LogP contribution in [0.5, 0.6) is 0 Å². The van der Waals surface area contributed by atoms with E-state index < -0.39 is 0 Å². The second-order valence-corrected chi connectivity index (χ2v) is 7.88. The standard InChI is InChI=1S/C20H23N3S/c1-14-13-17-19(21-12-6-9-15-7-3-2-4-8-15)22-18(16-10-5-11-16)23-20(17)24-14/h2-4,7-8,13,16H,5-6,9-12H2,1H3,(H,21,22,23). The Labute approximate surface area is 147 Å². The van der Waals surface area contributed by atoms with Crippen LogP contribution in [-0.2, 0) is 6.42 Å². The van der Waals surface area contributed by atoms with E-state index in [-0.39, 0.29) is 0 Å². The second kappa shape index (κ2) is 6.89. The number of thiophene rings is 1. The topological polar surface area (TPSA) is 37.8 Å². The van der Waals surface area contributed by atoms with Crippen molar-refractivity contribution in [2.24, 2.45) is 0 Å². The molecule has 0 atom stereocenters. The van der Waals surface area contributed by atoms with Crippen molar-refractivity contribution in [2.75, 3.05) is 11.9 Å². The van der Waals surface area contributed by atoms with Crippen LogP contribution < -0.4 is 5.32 Å². The molecule has 0 saturated heterocycles. The highest BCUT2D eigenvalue weighted by Gasteiger charge is 2.24. The van der Waals surface area contributed by atoms with Crippen molar-refractivity contribution in [1.82, 2.24) is 9.97 Å². The Morgan fingerprint density at radius 1 is 1.17 bits per heavy atom. The summed E-state index contributed by atoms with van der Waals surface area (Å²) < 4.78 is 0. The lowest BCUT2D eigenvalue weighted by molar-refractivity contribution is 0.403. The van der Waals surface area contributed by atoms with Gasteiger partial charge in [-0.25, -0.2) is 9.97 Å². The van der Waals surface area contributed by atoms with Gasteiger partial charge < -0.3 is 5.32 Å². The zero-order chi connectivity index (χ0) is 16.4. The van der Waals surface area contributed by atoms with Gasteiger partial charge in [-0.1, -0.05) is 36.8 Å². The van der Waals surface area contributed by atoms with Crippen LogP contribution in [0.4, 0.5) is 5.82 Å². The molecule has 0 amide bonds. The number of rotatable bonds is 6. The SMILES string of the molecule is Cc1cc2c(NCCCc3ccccc3)nc(C3CCC3)nc2s1. The summed E-state index contributed by atoms with van der Waals surface area (Å²) in [4.78, 5) is 12.1. The first-order chi connectivity index (χ1) is 11.8. The van der Waals surface area contributed by atoms with Crippen molar-refractivity contribution in [1.29, 1.82) is 0 Å². The minimum absolute atomic E-state index is 0.571. The van der Waals surface area contributed by atoms with E-state index >= 15 is 0 Å². The molecule has 4 rings (SSSR count). The number of benzene rings is 1. The summed E-state index contributed by atoms with van der Waals surface area (Å²) >= 11 is 1.78. The third kappa shape index (κ3) is 3.29. The van der Waals surface area contributed by atoms with Crippen LogP contribution in [0.2, 0.25) is 0 Å². The first kappa shape index (κ1) is 15.6. The molecule has 124 valence electrons. The van der Waals surface area contributed by atoms with Gasteiger partial charge in [-0.2, -0.15) is 0 Å². The molecule has 0 bridgehead atoms. The fourth-order valence-electron chi connectivity index (χ4n) is 3.19. The van der Waals surface area contributed by atoms with Crippen LogP contribution >= 0.6 is 11.3 Å². The molecule has 0 radical (unpaired) electrons. The van der Waals surface area contributed by atoms with Gasteiger partial charge >= 0.3 is 0 Å². The van der Waals surface area contributed by atoms with E-state index in [1.165, 1.54) is 35.1 Å². The Morgan fingerprint density at radius 3 is 2.75 bits per heavy atom. The summed E-state index contributed by atoms with van der Waals surface area (Å²) in [6.07, 6.45) is 6.00. The molecule has 4 heteroatoms. The van der Waals surface area contributed by atoms with E-state index in [2.05, 4.69) is 48.6 Å². The smallest absolute Gasteiger partial charge is 0.138 e. The maximum absolute atomic E-state index is 4.87. The van der Waals surface area contributed by atoms with E-state index in [9.17, 15) is 0 Å². The van der Waals surface area contributed by atoms with Crippen LogP contribution in [-0.4, -0.2) is 16.5 Å². The molecule has 1 aliphatic rings. The lowest BCUT2D eigenvalue weighted by atomic mass is 9.85. The fraction of sp³-hybridized carbons (Fsp3) is 0.400. The van der Waals surface area contributed by atoms with Gasteiger partial charge in [-0.05, 0) is 44.2 Å². The highest BCUT2D eigenvalue weighted by molar-refractivity contribution is 7.18. The zero-order valence-corrected chi connectivity index (χ0v) is 14.9. The molecule has 0 spiro atoms. The molecule has 2 heterocycles. The predicted molar refractivity (Wildman–Crippen MR) is 102 cm³/mol. The van der Waals surface area contributed by atoms with E-state index in [0.717, 1.165) is 35.9 Å². The number of hydrogen-bond donors (Lipinski definition) is 1. The third-order valence-corrected chi connectivity index (χ3v) is 5.73. The van der Waals surface area contributed by atoms with E-state index in [1.807, 2.05) is 0 Å². The summed E-state index contributed by atoms with van der Waals surface area (Å²) in [7, 11) is 0.